The number of aryl methyl sites for hydroxylation is 1. The number of benzene rings is 1. The van der Waals surface area contributed by atoms with Crippen LogP contribution in [-0.2, 0) is 12.8 Å². The van der Waals surface area contributed by atoms with Gasteiger partial charge in [0.1, 0.15) is 11.6 Å². The van der Waals surface area contributed by atoms with Crippen molar-refractivity contribution in [3.8, 4) is 5.75 Å². The number of aliphatic imine (C=N–C) groups is 1. The van der Waals surface area contributed by atoms with E-state index in [4.69, 9.17) is 16.3 Å². The third kappa shape index (κ3) is 5.84. The van der Waals surface area contributed by atoms with Crippen molar-refractivity contribution < 1.29 is 4.74 Å². The first-order valence-electron chi connectivity index (χ1n) is 9.84. The molecule has 7 nitrogen and oxygen atoms in total. The van der Waals surface area contributed by atoms with Crippen LogP contribution < -0.4 is 15.4 Å². The van der Waals surface area contributed by atoms with Crippen LogP contribution in [0.25, 0.3) is 5.65 Å². The summed E-state index contributed by atoms with van der Waals surface area (Å²) in [6.07, 6.45) is 4.52. The number of aromatic nitrogens is 3. The molecule has 0 fully saturated rings. The summed E-state index contributed by atoms with van der Waals surface area (Å²) in [6.45, 7) is 4.32. The number of methoxy groups -OCH3 is 1. The second-order valence-corrected chi connectivity index (χ2v) is 6.95. The van der Waals surface area contributed by atoms with Crippen molar-refractivity contribution in [2.24, 2.45) is 4.99 Å². The molecule has 2 N–H and O–H groups in total. The lowest BCUT2D eigenvalue weighted by Crippen LogP contribution is -2.38. The summed E-state index contributed by atoms with van der Waals surface area (Å²) in [4.78, 5) is 4.66. The van der Waals surface area contributed by atoms with E-state index in [0.29, 0.717) is 11.6 Å². The Labute approximate surface area is 176 Å². The van der Waals surface area contributed by atoms with Crippen molar-refractivity contribution in [1.29, 1.82) is 0 Å². The summed E-state index contributed by atoms with van der Waals surface area (Å²) >= 11 is 6.31. The Morgan fingerprint density at radius 1 is 1.17 bits per heavy atom. The first-order chi connectivity index (χ1) is 14.2. The molecule has 8 heteroatoms. The molecule has 3 rings (SSSR count). The third-order valence-electron chi connectivity index (χ3n) is 4.50. The van der Waals surface area contributed by atoms with E-state index >= 15 is 0 Å². The maximum absolute atomic E-state index is 6.31. The molecular weight excluding hydrogens is 388 g/mol. The summed E-state index contributed by atoms with van der Waals surface area (Å²) in [6, 6.07) is 11.7. The molecule has 0 aliphatic heterocycles. The maximum Gasteiger partial charge on any atom is 0.191 e. The number of nitrogens with zero attached hydrogens (tertiary/aromatic N) is 4. The smallest absolute Gasteiger partial charge is 0.191 e. The van der Waals surface area contributed by atoms with Crippen molar-refractivity contribution in [1.82, 2.24) is 25.2 Å². The van der Waals surface area contributed by atoms with E-state index in [1.54, 1.807) is 7.11 Å². The molecule has 0 aliphatic rings. The molecule has 0 spiro atoms. The van der Waals surface area contributed by atoms with Crippen LogP contribution in [0, 0.1) is 0 Å². The molecule has 3 aromatic rings. The molecule has 0 bridgehead atoms. The van der Waals surface area contributed by atoms with Crippen LogP contribution in [0.15, 0.2) is 47.6 Å². The number of nitrogens with one attached hydrogen (secondary N) is 2. The molecule has 0 unspecified atom stereocenters. The molecule has 29 heavy (non-hydrogen) atoms. The van der Waals surface area contributed by atoms with Gasteiger partial charge in [0.2, 0.25) is 0 Å². The normalized spacial score (nSPS) is 11.6. The standard InChI is InChI=1S/C21H27ClN6O/c1-3-23-21(25-13-11-16-9-10-17(29-2)15-18(16)22)24-12-6-8-20-27-26-19-7-4-5-14-28(19)20/h4-5,7,9-10,14-15H,3,6,8,11-13H2,1-2H3,(H2,23,24,25). The SMILES string of the molecule is CCNC(=NCCCc1nnc2ccccn12)NCCc1ccc(OC)cc1Cl. The molecule has 0 radical (unpaired) electrons. The molecule has 0 saturated heterocycles. The molecule has 154 valence electrons. The summed E-state index contributed by atoms with van der Waals surface area (Å²) in [5, 5.41) is 15.8. The highest BCUT2D eigenvalue weighted by Crippen LogP contribution is 2.22. The Bertz CT molecular complexity index is 955. The van der Waals surface area contributed by atoms with Crippen LogP contribution >= 0.6 is 11.6 Å². The molecule has 2 aromatic heterocycles. The molecule has 0 amide bonds. The van der Waals surface area contributed by atoms with E-state index in [-0.39, 0.29) is 0 Å². The average Bonchev–Trinajstić information content (AvgIpc) is 3.15. The number of guanidine groups is 1. The number of rotatable bonds is 9. The van der Waals surface area contributed by atoms with Gasteiger partial charge in [-0.3, -0.25) is 9.39 Å². The van der Waals surface area contributed by atoms with Gasteiger partial charge < -0.3 is 15.4 Å². The van der Waals surface area contributed by atoms with Crippen molar-refractivity contribution in [3.63, 3.8) is 0 Å². The monoisotopic (exact) mass is 414 g/mol. The zero-order valence-electron chi connectivity index (χ0n) is 16.9. The Kier molecular flexibility index (Phi) is 7.69. The number of fused-ring (bicyclic) bond motifs is 1. The Hall–Kier alpha value is -2.80. The highest BCUT2D eigenvalue weighted by molar-refractivity contribution is 6.31. The van der Waals surface area contributed by atoms with Crippen LogP contribution in [0.4, 0.5) is 0 Å². The Morgan fingerprint density at radius 2 is 2.07 bits per heavy atom. The van der Waals surface area contributed by atoms with Crippen LogP contribution in [0.2, 0.25) is 5.02 Å². The van der Waals surface area contributed by atoms with Gasteiger partial charge in [-0.05, 0) is 49.6 Å². The first-order valence-corrected chi connectivity index (χ1v) is 10.2. The highest BCUT2D eigenvalue weighted by Gasteiger charge is 2.05. The predicted octanol–water partition coefficient (Wildman–Crippen LogP) is 3.12. The number of ether oxygens (including phenoxy) is 1. The van der Waals surface area contributed by atoms with Crippen molar-refractivity contribution >= 4 is 23.2 Å². The minimum Gasteiger partial charge on any atom is -0.497 e. The lowest BCUT2D eigenvalue weighted by atomic mass is 10.1. The molecule has 1 aromatic carbocycles. The van der Waals surface area contributed by atoms with Gasteiger partial charge >= 0.3 is 0 Å². The van der Waals surface area contributed by atoms with E-state index in [1.165, 1.54) is 0 Å². The van der Waals surface area contributed by atoms with E-state index < -0.39 is 0 Å². The third-order valence-corrected chi connectivity index (χ3v) is 4.86. The lowest BCUT2D eigenvalue weighted by molar-refractivity contribution is 0.414. The topological polar surface area (TPSA) is 75.8 Å². The molecule has 2 heterocycles. The van der Waals surface area contributed by atoms with Gasteiger partial charge in [-0.2, -0.15) is 0 Å². The molecular formula is C21H27ClN6O. The van der Waals surface area contributed by atoms with Crippen LogP contribution in [0.5, 0.6) is 5.75 Å². The second-order valence-electron chi connectivity index (χ2n) is 6.54. The van der Waals surface area contributed by atoms with Gasteiger partial charge in [-0.1, -0.05) is 23.7 Å². The van der Waals surface area contributed by atoms with E-state index in [2.05, 4.69) is 32.7 Å². The van der Waals surface area contributed by atoms with Crippen LogP contribution in [-0.4, -0.2) is 47.3 Å². The minimum atomic E-state index is 0.709. The van der Waals surface area contributed by atoms with Gasteiger partial charge in [0, 0.05) is 37.3 Å². The van der Waals surface area contributed by atoms with Crippen molar-refractivity contribution in [3.05, 3.63) is 59.0 Å². The lowest BCUT2D eigenvalue weighted by Gasteiger charge is -2.12. The number of hydrogen-bond acceptors (Lipinski definition) is 4. The van der Waals surface area contributed by atoms with Gasteiger partial charge in [-0.25, -0.2) is 0 Å². The van der Waals surface area contributed by atoms with Gasteiger partial charge in [0.05, 0.1) is 7.11 Å². The van der Waals surface area contributed by atoms with Crippen LogP contribution in [0.3, 0.4) is 0 Å². The largest absolute Gasteiger partial charge is 0.497 e. The van der Waals surface area contributed by atoms with E-state index in [0.717, 1.165) is 61.1 Å². The summed E-state index contributed by atoms with van der Waals surface area (Å²) in [7, 11) is 1.64. The maximum atomic E-state index is 6.31. The number of halogens is 1. The van der Waals surface area contributed by atoms with Crippen LogP contribution in [0.1, 0.15) is 24.7 Å². The van der Waals surface area contributed by atoms with E-state index in [1.807, 2.05) is 47.0 Å². The van der Waals surface area contributed by atoms with Gasteiger partial charge in [0.25, 0.3) is 0 Å². The molecule has 0 saturated carbocycles. The fraction of sp³-hybridized carbons (Fsp3) is 0.381. The first kappa shape index (κ1) is 20.9. The average molecular weight is 415 g/mol. The summed E-state index contributed by atoms with van der Waals surface area (Å²) < 4.78 is 7.21. The Balaban J connectivity index is 1.48. The second kappa shape index (κ2) is 10.7. The fourth-order valence-corrected chi connectivity index (χ4v) is 3.27. The minimum absolute atomic E-state index is 0.709. The quantitative estimate of drug-likeness (QED) is 0.319. The number of pyridine rings is 1. The zero-order chi connectivity index (χ0) is 20.5. The number of hydrogen-bond donors (Lipinski definition) is 2. The predicted molar refractivity (Wildman–Crippen MR) is 117 cm³/mol. The summed E-state index contributed by atoms with van der Waals surface area (Å²) in [5.41, 5.74) is 1.95. The van der Waals surface area contributed by atoms with Crippen molar-refractivity contribution in [2.75, 3.05) is 26.7 Å². The van der Waals surface area contributed by atoms with Gasteiger partial charge in [0.15, 0.2) is 11.6 Å². The molecule has 0 atom stereocenters. The molecule has 0 aliphatic carbocycles. The Morgan fingerprint density at radius 3 is 2.86 bits per heavy atom. The highest BCUT2D eigenvalue weighted by atomic mass is 35.5. The summed E-state index contributed by atoms with van der Waals surface area (Å²) in [5.74, 6) is 2.54. The van der Waals surface area contributed by atoms with Gasteiger partial charge in [-0.15, -0.1) is 10.2 Å². The van der Waals surface area contributed by atoms with Crippen molar-refractivity contribution in [2.45, 2.75) is 26.2 Å². The fourth-order valence-electron chi connectivity index (χ4n) is 3.00. The van der Waals surface area contributed by atoms with E-state index in [9.17, 15) is 0 Å². The zero-order valence-corrected chi connectivity index (χ0v) is 17.6.